The van der Waals surface area contributed by atoms with Crippen molar-refractivity contribution in [1.29, 1.82) is 0 Å². The molecule has 1 atom stereocenters. The van der Waals surface area contributed by atoms with Crippen molar-refractivity contribution >= 4 is 25.8 Å². The fourth-order valence-corrected chi connectivity index (χ4v) is 3.42. The standard InChI is InChI=1S/C13H18BrFO2S/c1-10(2)18(16,17)8-7-11(9-14)12-5-3-4-6-13(12)15/h3-6,10-11H,7-9H2,1-2H3. The minimum Gasteiger partial charge on any atom is -0.229 e. The predicted octanol–water partition coefficient (Wildman–Crippen LogP) is 3.52. The van der Waals surface area contributed by atoms with Gasteiger partial charge in [0.2, 0.25) is 0 Å². The van der Waals surface area contributed by atoms with Gasteiger partial charge >= 0.3 is 0 Å². The first-order chi connectivity index (χ1) is 8.38. The van der Waals surface area contributed by atoms with Gasteiger partial charge in [-0.25, -0.2) is 12.8 Å². The zero-order valence-corrected chi connectivity index (χ0v) is 13.0. The van der Waals surface area contributed by atoms with E-state index in [-0.39, 0.29) is 22.7 Å². The van der Waals surface area contributed by atoms with E-state index >= 15 is 0 Å². The van der Waals surface area contributed by atoms with E-state index < -0.39 is 9.84 Å². The number of rotatable bonds is 6. The van der Waals surface area contributed by atoms with Crippen LogP contribution < -0.4 is 0 Å². The van der Waals surface area contributed by atoms with Gasteiger partial charge in [0.1, 0.15) is 5.82 Å². The Labute approximate surface area is 117 Å². The number of benzene rings is 1. The second-order valence-electron chi connectivity index (χ2n) is 4.58. The summed E-state index contributed by atoms with van der Waals surface area (Å²) in [6.07, 6.45) is 0.437. The molecule has 0 spiro atoms. The second-order valence-corrected chi connectivity index (χ2v) is 7.90. The van der Waals surface area contributed by atoms with Gasteiger partial charge in [-0.05, 0) is 37.8 Å². The smallest absolute Gasteiger partial charge is 0.152 e. The summed E-state index contributed by atoms with van der Waals surface area (Å²) in [4.78, 5) is 0. The fraction of sp³-hybridized carbons (Fsp3) is 0.538. The van der Waals surface area contributed by atoms with E-state index in [1.54, 1.807) is 32.0 Å². The molecule has 2 nitrogen and oxygen atoms in total. The summed E-state index contributed by atoms with van der Waals surface area (Å²) in [5, 5.41) is 0.177. The third-order valence-electron chi connectivity index (χ3n) is 3.00. The van der Waals surface area contributed by atoms with Crippen LogP contribution in [0.1, 0.15) is 31.7 Å². The summed E-state index contributed by atoms with van der Waals surface area (Å²) in [7, 11) is -3.07. The molecule has 0 aliphatic rings. The molecule has 1 rings (SSSR count). The Bertz CT molecular complexity index is 486. The summed E-state index contributed by atoms with van der Waals surface area (Å²) in [6, 6.07) is 6.52. The number of alkyl halides is 1. The molecule has 102 valence electrons. The average molecular weight is 337 g/mol. The van der Waals surface area contributed by atoms with Gasteiger partial charge in [-0.15, -0.1) is 0 Å². The van der Waals surface area contributed by atoms with E-state index in [1.165, 1.54) is 6.07 Å². The summed E-state index contributed by atoms with van der Waals surface area (Å²) in [5.74, 6) is -0.293. The molecule has 1 aromatic rings. The molecule has 0 aliphatic carbocycles. The van der Waals surface area contributed by atoms with Crippen LogP contribution >= 0.6 is 15.9 Å². The lowest BCUT2D eigenvalue weighted by Gasteiger charge is -2.16. The van der Waals surface area contributed by atoms with Crippen molar-refractivity contribution in [1.82, 2.24) is 0 Å². The van der Waals surface area contributed by atoms with Crippen LogP contribution in [0.25, 0.3) is 0 Å². The van der Waals surface area contributed by atoms with Crippen LogP contribution in [-0.2, 0) is 9.84 Å². The molecule has 0 amide bonds. The highest BCUT2D eigenvalue weighted by Crippen LogP contribution is 2.25. The van der Waals surface area contributed by atoms with Gasteiger partial charge in [0, 0.05) is 5.33 Å². The van der Waals surface area contributed by atoms with E-state index in [4.69, 9.17) is 0 Å². The Morgan fingerprint density at radius 3 is 2.39 bits per heavy atom. The van der Waals surface area contributed by atoms with Crippen LogP contribution in [0.15, 0.2) is 24.3 Å². The Balaban J connectivity index is 2.79. The van der Waals surface area contributed by atoms with E-state index in [0.29, 0.717) is 17.3 Å². The zero-order valence-electron chi connectivity index (χ0n) is 10.6. The highest BCUT2D eigenvalue weighted by atomic mass is 79.9. The quantitative estimate of drug-likeness (QED) is 0.745. The molecule has 0 N–H and O–H groups in total. The Morgan fingerprint density at radius 2 is 1.89 bits per heavy atom. The highest BCUT2D eigenvalue weighted by molar-refractivity contribution is 9.09. The molecule has 0 heterocycles. The molecule has 0 aromatic heterocycles. The van der Waals surface area contributed by atoms with Crippen molar-refractivity contribution in [2.24, 2.45) is 0 Å². The predicted molar refractivity (Wildman–Crippen MR) is 76.5 cm³/mol. The van der Waals surface area contributed by atoms with E-state index in [2.05, 4.69) is 15.9 Å². The maximum absolute atomic E-state index is 13.6. The molecule has 0 aliphatic heterocycles. The van der Waals surface area contributed by atoms with Gasteiger partial charge in [0.25, 0.3) is 0 Å². The molecule has 1 unspecified atom stereocenters. The van der Waals surface area contributed by atoms with E-state index in [1.807, 2.05) is 0 Å². The Hall–Kier alpha value is -0.420. The lowest BCUT2D eigenvalue weighted by Crippen LogP contribution is -2.20. The first-order valence-corrected chi connectivity index (χ1v) is 8.74. The normalized spacial score (nSPS) is 13.8. The minimum atomic E-state index is -3.07. The van der Waals surface area contributed by atoms with Crippen molar-refractivity contribution in [2.75, 3.05) is 11.1 Å². The molecule has 0 fully saturated rings. The number of hydrogen-bond acceptors (Lipinski definition) is 2. The number of sulfone groups is 1. The number of halogens is 2. The van der Waals surface area contributed by atoms with Gasteiger partial charge in [-0.3, -0.25) is 0 Å². The van der Waals surface area contributed by atoms with E-state index in [9.17, 15) is 12.8 Å². The van der Waals surface area contributed by atoms with Crippen LogP contribution in [0.2, 0.25) is 0 Å². The molecule has 0 saturated heterocycles. The lowest BCUT2D eigenvalue weighted by molar-refractivity contribution is 0.569. The first kappa shape index (κ1) is 15.6. The second kappa shape index (κ2) is 6.66. The minimum absolute atomic E-state index is 0.0925. The lowest BCUT2D eigenvalue weighted by atomic mass is 9.98. The van der Waals surface area contributed by atoms with E-state index in [0.717, 1.165) is 0 Å². The molecule has 0 saturated carbocycles. The summed E-state index contributed by atoms with van der Waals surface area (Å²) >= 11 is 3.33. The maximum atomic E-state index is 13.6. The monoisotopic (exact) mass is 336 g/mol. The van der Waals surface area contributed by atoms with Crippen molar-refractivity contribution in [3.05, 3.63) is 35.6 Å². The summed E-state index contributed by atoms with van der Waals surface area (Å²) in [6.45, 7) is 3.34. The largest absolute Gasteiger partial charge is 0.229 e. The van der Waals surface area contributed by atoms with Crippen LogP contribution in [0.3, 0.4) is 0 Å². The van der Waals surface area contributed by atoms with Gasteiger partial charge in [-0.2, -0.15) is 0 Å². The van der Waals surface area contributed by atoms with Crippen molar-refractivity contribution in [3.8, 4) is 0 Å². The number of hydrogen-bond donors (Lipinski definition) is 0. The zero-order chi connectivity index (χ0) is 13.8. The summed E-state index contributed by atoms with van der Waals surface area (Å²) in [5.41, 5.74) is 0.577. The van der Waals surface area contributed by atoms with Gasteiger partial charge in [0.05, 0.1) is 11.0 Å². The van der Waals surface area contributed by atoms with Crippen molar-refractivity contribution in [3.63, 3.8) is 0 Å². The van der Waals surface area contributed by atoms with Crippen LogP contribution in [0, 0.1) is 5.82 Å². The SMILES string of the molecule is CC(C)S(=O)(=O)CCC(CBr)c1ccccc1F. The Kier molecular flexibility index (Phi) is 5.79. The molecular weight excluding hydrogens is 319 g/mol. The summed E-state index contributed by atoms with van der Waals surface area (Å²) < 4.78 is 37.2. The molecule has 0 bridgehead atoms. The average Bonchev–Trinajstić information content (AvgIpc) is 2.31. The molecule has 1 aromatic carbocycles. The van der Waals surface area contributed by atoms with Crippen LogP contribution in [0.4, 0.5) is 4.39 Å². The molecule has 5 heteroatoms. The maximum Gasteiger partial charge on any atom is 0.152 e. The van der Waals surface area contributed by atoms with Gasteiger partial charge in [0.15, 0.2) is 9.84 Å². The first-order valence-electron chi connectivity index (χ1n) is 5.90. The topological polar surface area (TPSA) is 34.1 Å². The third kappa shape index (κ3) is 4.05. The highest BCUT2D eigenvalue weighted by Gasteiger charge is 2.21. The van der Waals surface area contributed by atoms with Crippen molar-refractivity contribution < 1.29 is 12.8 Å². The van der Waals surface area contributed by atoms with Crippen LogP contribution in [-0.4, -0.2) is 24.8 Å². The third-order valence-corrected chi connectivity index (χ3v) is 6.02. The molecule has 0 radical (unpaired) electrons. The molecular formula is C13H18BrFO2S. The van der Waals surface area contributed by atoms with Crippen molar-refractivity contribution in [2.45, 2.75) is 31.4 Å². The van der Waals surface area contributed by atoms with Gasteiger partial charge < -0.3 is 0 Å². The van der Waals surface area contributed by atoms with Gasteiger partial charge in [-0.1, -0.05) is 34.1 Å². The molecule has 18 heavy (non-hydrogen) atoms. The van der Waals surface area contributed by atoms with Crippen LogP contribution in [0.5, 0.6) is 0 Å². The fourth-order valence-electron chi connectivity index (χ4n) is 1.66. The Morgan fingerprint density at radius 1 is 1.28 bits per heavy atom.